The van der Waals surface area contributed by atoms with Crippen molar-refractivity contribution in [3.8, 4) is 0 Å². The van der Waals surface area contributed by atoms with Gasteiger partial charge in [0.2, 0.25) is 23.6 Å². The molecule has 0 unspecified atom stereocenters. The van der Waals surface area contributed by atoms with E-state index in [2.05, 4.69) is 43.6 Å². The summed E-state index contributed by atoms with van der Waals surface area (Å²) in [7, 11) is 0. The number of nitrogens with one attached hydrogen (secondary N) is 5. The first-order valence-electron chi connectivity index (χ1n) is 14.9. The Labute approximate surface area is 261 Å². The van der Waals surface area contributed by atoms with Crippen LogP contribution < -0.4 is 31.5 Å². The quantitative estimate of drug-likeness (QED) is 0.167. The lowest BCUT2D eigenvalue weighted by atomic mass is 10.0. The highest BCUT2D eigenvalue weighted by molar-refractivity contribution is 5.96. The highest BCUT2D eigenvalue weighted by Gasteiger charge is 2.28. The largest absolute Gasteiger partial charge is 0.480 e. The first-order valence-corrected chi connectivity index (χ1v) is 14.9. The van der Waals surface area contributed by atoms with Gasteiger partial charge < -0.3 is 41.5 Å². The van der Waals surface area contributed by atoms with E-state index in [9.17, 15) is 28.8 Å². The first-order chi connectivity index (χ1) is 21.6. The van der Waals surface area contributed by atoms with Crippen LogP contribution in [0.2, 0.25) is 0 Å². The Hall–Kier alpha value is -4.98. The molecule has 1 heterocycles. The Bertz CT molecular complexity index is 1330. The molecule has 2 aromatic carbocycles. The van der Waals surface area contributed by atoms with Crippen LogP contribution in [-0.4, -0.2) is 97.5 Å². The number of nitrogens with zero attached hydrogens (tertiary/aromatic N) is 2. The maximum atomic E-state index is 13.1. The zero-order valence-corrected chi connectivity index (χ0v) is 25.3. The van der Waals surface area contributed by atoms with E-state index in [0.29, 0.717) is 17.8 Å². The number of aliphatic carboxylic acids is 1. The van der Waals surface area contributed by atoms with Crippen LogP contribution in [0, 0.1) is 0 Å². The van der Waals surface area contributed by atoms with Gasteiger partial charge in [-0.05, 0) is 43.0 Å². The summed E-state index contributed by atoms with van der Waals surface area (Å²) in [5.41, 5.74) is 2.43. The number of benzene rings is 2. The van der Waals surface area contributed by atoms with Crippen molar-refractivity contribution in [1.29, 1.82) is 0 Å². The van der Waals surface area contributed by atoms with Gasteiger partial charge in [0.05, 0.1) is 19.6 Å². The van der Waals surface area contributed by atoms with E-state index in [1.165, 1.54) is 5.56 Å². The second kappa shape index (κ2) is 18.0. The van der Waals surface area contributed by atoms with Gasteiger partial charge in [-0.15, -0.1) is 0 Å². The molecular formula is C31H41N7O7. The van der Waals surface area contributed by atoms with Crippen molar-refractivity contribution in [1.82, 2.24) is 26.2 Å². The Morgan fingerprint density at radius 2 is 1.40 bits per heavy atom. The number of likely N-dealkylation sites (tertiary alicyclic amines) is 1. The van der Waals surface area contributed by atoms with Crippen LogP contribution in [0.1, 0.15) is 31.7 Å². The predicted octanol–water partition coefficient (Wildman–Crippen LogP) is 0.691. The lowest BCUT2D eigenvalue weighted by molar-refractivity contribution is -0.137. The molecule has 0 atom stereocenters. The minimum atomic E-state index is -1.22. The molecule has 1 saturated heterocycles. The SMILES string of the molecule is CCC(=O)N(c1cccc(NC(=O)NCC(=O)NCC(=O)NCC(=O)NCC(=O)O)c1)C1CCN(CCc2ccccc2)CC1. The summed E-state index contributed by atoms with van der Waals surface area (Å²) in [6.07, 6.45) is 3.00. The number of rotatable bonds is 15. The lowest BCUT2D eigenvalue weighted by Crippen LogP contribution is -2.48. The maximum Gasteiger partial charge on any atom is 0.322 e. The molecule has 0 bridgehead atoms. The zero-order chi connectivity index (χ0) is 32.6. The Balaban J connectivity index is 1.44. The molecule has 1 fully saturated rings. The third-order valence-corrected chi connectivity index (χ3v) is 7.17. The number of urea groups is 1. The van der Waals surface area contributed by atoms with Crippen molar-refractivity contribution in [2.45, 2.75) is 38.6 Å². The van der Waals surface area contributed by atoms with Gasteiger partial charge >= 0.3 is 12.0 Å². The second-order valence-electron chi connectivity index (χ2n) is 10.5. The van der Waals surface area contributed by atoms with Crippen LogP contribution in [0.15, 0.2) is 54.6 Å². The summed E-state index contributed by atoms with van der Waals surface area (Å²) >= 11 is 0. The molecule has 2 aromatic rings. The van der Waals surface area contributed by atoms with E-state index in [0.717, 1.165) is 38.9 Å². The van der Waals surface area contributed by atoms with Crippen molar-refractivity contribution in [3.63, 3.8) is 0 Å². The number of anilines is 2. The fraction of sp³-hybridized carbons (Fsp3) is 0.419. The molecule has 14 nitrogen and oxygen atoms in total. The Kier molecular flexibility index (Phi) is 13.8. The minimum Gasteiger partial charge on any atom is -0.480 e. The number of carboxylic acid groups (broad SMARTS) is 1. The molecule has 14 heteroatoms. The molecule has 0 spiro atoms. The van der Waals surface area contributed by atoms with E-state index in [-0.39, 0.29) is 11.9 Å². The van der Waals surface area contributed by atoms with Gasteiger partial charge in [0, 0.05) is 43.5 Å². The second-order valence-corrected chi connectivity index (χ2v) is 10.5. The minimum absolute atomic E-state index is 0.000866. The van der Waals surface area contributed by atoms with Crippen LogP contribution in [0.3, 0.4) is 0 Å². The molecule has 6 N–H and O–H groups in total. The monoisotopic (exact) mass is 623 g/mol. The van der Waals surface area contributed by atoms with Crippen LogP contribution >= 0.6 is 0 Å². The van der Waals surface area contributed by atoms with Gasteiger partial charge in [-0.25, -0.2) is 4.79 Å². The van der Waals surface area contributed by atoms with Crippen LogP contribution in [0.25, 0.3) is 0 Å². The zero-order valence-electron chi connectivity index (χ0n) is 25.3. The summed E-state index contributed by atoms with van der Waals surface area (Å²) < 4.78 is 0. The molecule has 0 aromatic heterocycles. The number of amides is 6. The van der Waals surface area contributed by atoms with Crippen molar-refractivity contribution in [2.24, 2.45) is 0 Å². The summed E-state index contributed by atoms with van der Waals surface area (Å²) in [6, 6.07) is 16.8. The number of carbonyl (C=O) groups excluding carboxylic acids is 5. The Morgan fingerprint density at radius 3 is 2.00 bits per heavy atom. The highest BCUT2D eigenvalue weighted by Crippen LogP contribution is 2.27. The van der Waals surface area contributed by atoms with Gasteiger partial charge in [0.1, 0.15) is 6.54 Å². The van der Waals surface area contributed by atoms with Crippen LogP contribution in [0.5, 0.6) is 0 Å². The number of carboxylic acids is 1. The molecule has 1 aliphatic heterocycles. The highest BCUT2D eigenvalue weighted by atomic mass is 16.4. The third-order valence-electron chi connectivity index (χ3n) is 7.17. The smallest absolute Gasteiger partial charge is 0.322 e. The topological polar surface area (TPSA) is 189 Å². The van der Waals surface area contributed by atoms with Gasteiger partial charge in [-0.1, -0.05) is 43.3 Å². The number of carbonyl (C=O) groups is 6. The summed E-state index contributed by atoms with van der Waals surface area (Å²) in [6.45, 7) is 2.69. The normalized spacial score (nSPS) is 13.3. The van der Waals surface area contributed by atoms with E-state index in [4.69, 9.17) is 5.11 Å². The average Bonchev–Trinajstić information content (AvgIpc) is 3.04. The van der Waals surface area contributed by atoms with E-state index in [1.54, 1.807) is 18.2 Å². The lowest BCUT2D eigenvalue weighted by Gasteiger charge is -2.38. The van der Waals surface area contributed by atoms with E-state index in [1.807, 2.05) is 36.1 Å². The maximum absolute atomic E-state index is 13.1. The molecule has 0 saturated carbocycles. The first kappa shape index (κ1) is 34.5. The standard InChI is InChI=1S/C31H41N7O7/c1-2-29(42)38(24-12-15-37(16-13-24)14-11-22-7-4-3-5-8-22)25-10-6-9-23(17-25)36-31(45)35-20-28(41)33-18-26(39)32-19-27(40)34-21-30(43)44/h3-10,17,24H,2,11-16,18-21H2,1H3,(H,32,39)(H,33,41)(H,34,40)(H,43,44)(H2,35,36,45). The van der Waals surface area contributed by atoms with Crippen molar-refractivity contribution < 1.29 is 33.9 Å². The predicted molar refractivity (Wildman–Crippen MR) is 168 cm³/mol. The van der Waals surface area contributed by atoms with Crippen molar-refractivity contribution >= 4 is 47.0 Å². The average molecular weight is 624 g/mol. The number of hydrogen-bond acceptors (Lipinski definition) is 7. The number of hydrogen-bond donors (Lipinski definition) is 6. The van der Waals surface area contributed by atoms with Gasteiger partial charge in [0.15, 0.2) is 0 Å². The molecule has 0 radical (unpaired) electrons. The molecule has 3 rings (SSSR count). The van der Waals surface area contributed by atoms with Gasteiger partial charge in [-0.3, -0.25) is 24.0 Å². The number of piperidine rings is 1. The van der Waals surface area contributed by atoms with Gasteiger partial charge in [0.25, 0.3) is 0 Å². The third kappa shape index (κ3) is 12.3. The van der Waals surface area contributed by atoms with E-state index < -0.39 is 55.9 Å². The van der Waals surface area contributed by atoms with Crippen LogP contribution in [-0.2, 0) is 30.4 Å². The van der Waals surface area contributed by atoms with Gasteiger partial charge in [-0.2, -0.15) is 0 Å². The Morgan fingerprint density at radius 1 is 0.800 bits per heavy atom. The van der Waals surface area contributed by atoms with Crippen LogP contribution in [0.4, 0.5) is 16.2 Å². The molecule has 242 valence electrons. The molecule has 45 heavy (non-hydrogen) atoms. The summed E-state index contributed by atoms with van der Waals surface area (Å²) in [5, 5.41) is 20.2. The van der Waals surface area contributed by atoms with Crippen molar-refractivity contribution in [2.75, 3.05) is 56.0 Å². The summed E-state index contributed by atoms with van der Waals surface area (Å²) in [5.74, 6) is -3.22. The van der Waals surface area contributed by atoms with E-state index >= 15 is 0 Å². The fourth-order valence-corrected chi connectivity index (χ4v) is 4.85. The van der Waals surface area contributed by atoms with Crippen molar-refractivity contribution in [3.05, 3.63) is 60.2 Å². The molecule has 0 aliphatic carbocycles. The fourth-order valence-electron chi connectivity index (χ4n) is 4.85. The molecule has 1 aliphatic rings. The summed E-state index contributed by atoms with van der Waals surface area (Å²) in [4.78, 5) is 75.5. The molecular weight excluding hydrogens is 582 g/mol. The molecule has 6 amide bonds.